The van der Waals surface area contributed by atoms with Gasteiger partial charge >= 0.3 is 6.18 Å². The molecule has 0 saturated carbocycles. The highest BCUT2D eigenvalue weighted by Gasteiger charge is 2.41. The molecule has 0 spiro atoms. The molecule has 0 saturated heterocycles. The average Bonchev–Trinajstić information content (AvgIpc) is 2.86. The molecule has 0 fully saturated rings. The summed E-state index contributed by atoms with van der Waals surface area (Å²) in [7, 11) is 0. The molecule has 8 heteroatoms. The molecule has 140 valence electrons. The zero-order valence-corrected chi connectivity index (χ0v) is 14.8. The summed E-state index contributed by atoms with van der Waals surface area (Å²) in [5, 5.41) is 0. The van der Waals surface area contributed by atoms with E-state index in [4.69, 9.17) is 0 Å². The molecule has 2 aromatic carbocycles. The van der Waals surface area contributed by atoms with Gasteiger partial charge in [-0.15, -0.1) is 11.8 Å². The monoisotopic (exact) mass is 395 g/mol. The van der Waals surface area contributed by atoms with Gasteiger partial charge in [-0.1, -0.05) is 25.1 Å². The molecular formula is C19H13F4NO2S. The predicted molar refractivity (Wildman–Crippen MR) is 95.4 cm³/mol. The lowest BCUT2D eigenvalue weighted by Crippen LogP contribution is -2.31. The Labute approximate surface area is 156 Å². The van der Waals surface area contributed by atoms with Crippen molar-refractivity contribution in [1.29, 1.82) is 0 Å². The van der Waals surface area contributed by atoms with Crippen molar-refractivity contribution in [2.75, 3.05) is 10.7 Å². The first-order valence-electron chi connectivity index (χ1n) is 7.93. The molecule has 27 heavy (non-hydrogen) atoms. The van der Waals surface area contributed by atoms with Crippen LogP contribution in [0.1, 0.15) is 18.1 Å². The van der Waals surface area contributed by atoms with E-state index in [9.17, 15) is 27.2 Å². The number of hydrogen-bond acceptors (Lipinski definition) is 3. The number of rotatable bonds is 4. The summed E-state index contributed by atoms with van der Waals surface area (Å²) < 4.78 is 52.2. The van der Waals surface area contributed by atoms with Crippen molar-refractivity contribution in [3.63, 3.8) is 0 Å². The average molecular weight is 395 g/mol. The van der Waals surface area contributed by atoms with E-state index in [0.717, 1.165) is 47.0 Å². The number of alkyl halides is 3. The van der Waals surface area contributed by atoms with Crippen LogP contribution < -0.4 is 4.90 Å². The number of halogens is 4. The van der Waals surface area contributed by atoms with E-state index in [1.165, 1.54) is 18.2 Å². The highest BCUT2D eigenvalue weighted by atomic mass is 32.2. The third-order valence-electron chi connectivity index (χ3n) is 3.89. The number of hydrogen-bond donors (Lipinski definition) is 0. The first-order valence-corrected chi connectivity index (χ1v) is 8.91. The Hall–Kier alpha value is -2.61. The number of carbonyl (C=O) groups is 2. The number of benzene rings is 2. The fourth-order valence-electron chi connectivity index (χ4n) is 2.71. The van der Waals surface area contributed by atoms with Crippen LogP contribution in [0.3, 0.4) is 0 Å². The summed E-state index contributed by atoms with van der Waals surface area (Å²) in [5.74, 6) is -1.45. The molecule has 0 radical (unpaired) electrons. The standard InChI is InChI=1S/C19H13F4NO2S/c1-2-27-16-15(11-6-8-13(20)9-7-11)17(25)24(18(16)26)14-5-3-4-12(10-14)19(21,22)23/h3-10H,2H2,1H3. The number of anilines is 1. The van der Waals surface area contributed by atoms with E-state index in [-0.39, 0.29) is 16.2 Å². The Morgan fingerprint density at radius 2 is 1.67 bits per heavy atom. The van der Waals surface area contributed by atoms with Crippen LogP contribution in [-0.2, 0) is 15.8 Å². The van der Waals surface area contributed by atoms with Gasteiger partial charge in [0, 0.05) is 0 Å². The number of nitrogens with zero attached hydrogens (tertiary/aromatic N) is 1. The van der Waals surface area contributed by atoms with E-state index >= 15 is 0 Å². The normalized spacial score (nSPS) is 15.1. The second kappa shape index (κ2) is 7.19. The number of thioether (sulfide) groups is 1. The predicted octanol–water partition coefficient (Wildman–Crippen LogP) is 4.88. The third-order valence-corrected chi connectivity index (χ3v) is 4.85. The highest BCUT2D eigenvalue weighted by molar-refractivity contribution is 8.04. The van der Waals surface area contributed by atoms with Crippen molar-refractivity contribution in [3.05, 3.63) is 70.4 Å². The van der Waals surface area contributed by atoms with Gasteiger partial charge in [0.05, 0.1) is 21.7 Å². The summed E-state index contributed by atoms with van der Waals surface area (Å²) in [6.07, 6.45) is -4.60. The molecule has 1 heterocycles. The fourth-order valence-corrected chi connectivity index (χ4v) is 3.57. The second-order valence-corrected chi connectivity index (χ2v) is 6.91. The Balaban J connectivity index is 2.08. The van der Waals surface area contributed by atoms with Crippen molar-refractivity contribution < 1.29 is 27.2 Å². The van der Waals surface area contributed by atoms with Crippen molar-refractivity contribution in [3.8, 4) is 0 Å². The van der Waals surface area contributed by atoms with Crippen LogP contribution in [0.4, 0.5) is 23.2 Å². The van der Waals surface area contributed by atoms with Crippen molar-refractivity contribution in [2.45, 2.75) is 13.1 Å². The lowest BCUT2D eigenvalue weighted by molar-refractivity contribution is -0.137. The molecule has 0 bridgehead atoms. The van der Waals surface area contributed by atoms with E-state index < -0.39 is 29.4 Å². The summed E-state index contributed by atoms with van der Waals surface area (Å²) in [6.45, 7) is 1.78. The Morgan fingerprint density at radius 3 is 2.26 bits per heavy atom. The SMILES string of the molecule is CCSC1=C(c2ccc(F)cc2)C(=O)N(c2cccc(C(F)(F)F)c2)C1=O. The second-order valence-electron chi connectivity index (χ2n) is 5.64. The lowest BCUT2D eigenvalue weighted by Gasteiger charge is -2.17. The van der Waals surface area contributed by atoms with E-state index in [1.54, 1.807) is 6.92 Å². The molecule has 0 atom stereocenters. The van der Waals surface area contributed by atoms with Crippen LogP contribution in [0.15, 0.2) is 53.4 Å². The van der Waals surface area contributed by atoms with Crippen LogP contribution in [0.25, 0.3) is 5.57 Å². The minimum atomic E-state index is -4.60. The van der Waals surface area contributed by atoms with Gasteiger partial charge < -0.3 is 0 Å². The molecule has 2 aromatic rings. The van der Waals surface area contributed by atoms with E-state index in [2.05, 4.69) is 0 Å². The molecule has 1 aliphatic heterocycles. The van der Waals surface area contributed by atoms with Gasteiger partial charge in [-0.3, -0.25) is 9.59 Å². The number of amides is 2. The van der Waals surface area contributed by atoms with Gasteiger partial charge in [0.2, 0.25) is 0 Å². The van der Waals surface area contributed by atoms with Crippen molar-refractivity contribution in [1.82, 2.24) is 0 Å². The molecular weight excluding hydrogens is 382 g/mol. The van der Waals surface area contributed by atoms with E-state index in [1.807, 2.05) is 0 Å². The largest absolute Gasteiger partial charge is 0.416 e. The molecule has 3 rings (SSSR count). The first-order chi connectivity index (χ1) is 12.7. The van der Waals surface area contributed by atoms with Gasteiger partial charge in [-0.05, 0) is 41.6 Å². The topological polar surface area (TPSA) is 37.4 Å². The lowest BCUT2D eigenvalue weighted by atomic mass is 10.1. The molecule has 3 nitrogen and oxygen atoms in total. The van der Waals surface area contributed by atoms with Crippen LogP contribution in [0, 0.1) is 5.82 Å². The maximum Gasteiger partial charge on any atom is 0.416 e. The Morgan fingerprint density at radius 1 is 1.00 bits per heavy atom. The molecule has 1 aliphatic rings. The fraction of sp³-hybridized carbons (Fsp3) is 0.158. The highest BCUT2D eigenvalue weighted by Crippen LogP contribution is 2.39. The van der Waals surface area contributed by atoms with Crippen LogP contribution in [0.2, 0.25) is 0 Å². The van der Waals surface area contributed by atoms with Gasteiger partial charge in [0.15, 0.2) is 0 Å². The third kappa shape index (κ3) is 3.62. The van der Waals surface area contributed by atoms with E-state index in [0.29, 0.717) is 11.3 Å². The van der Waals surface area contributed by atoms with Gasteiger partial charge in [0.25, 0.3) is 11.8 Å². The quantitative estimate of drug-likeness (QED) is 0.547. The van der Waals surface area contributed by atoms with Crippen LogP contribution >= 0.6 is 11.8 Å². The van der Waals surface area contributed by atoms with Crippen LogP contribution in [0.5, 0.6) is 0 Å². The van der Waals surface area contributed by atoms with Crippen molar-refractivity contribution in [2.24, 2.45) is 0 Å². The Kier molecular flexibility index (Phi) is 5.10. The Bertz CT molecular complexity index is 935. The summed E-state index contributed by atoms with van der Waals surface area (Å²) in [6, 6.07) is 9.07. The van der Waals surface area contributed by atoms with Gasteiger partial charge in [-0.2, -0.15) is 13.2 Å². The minimum Gasteiger partial charge on any atom is -0.268 e. The van der Waals surface area contributed by atoms with Gasteiger partial charge in [0.1, 0.15) is 5.82 Å². The smallest absolute Gasteiger partial charge is 0.268 e. The zero-order valence-electron chi connectivity index (χ0n) is 14.0. The first kappa shape index (κ1) is 19.2. The number of imide groups is 1. The zero-order chi connectivity index (χ0) is 19.8. The summed E-state index contributed by atoms with van der Waals surface area (Å²) >= 11 is 1.12. The van der Waals surface area contributed by atoms with Crippen molar-refractivity contribution >= 4 is 34.8 Å². The summed E-state index contributed by atoms with van der Waals surface area (Å²) in [4.78, 5) is 26.6. The molecule has 0 aliphatic carbocycles. The molecule has 2 amide bonds. The molecule has 0 unspecified atom stereocenters. The maximum atomic E-state index is 13.2. The maximum absolute atomic E-state index is 13.2. The number of carbonyl (C=O) groups excluding carboxylic acids is 2. The molecule has 0 aromatic heterocycles. The summed E-state index contributed by atoms with van der Waals surface area (Å²) in [5.41, 5.74) is -0.726. The minimum absolute atomic E-state index is 0.0595. The van der Waals surface area contributed by atoms with Crippen LogP contribution in [-0.4, -0.2) is 17.6 Å². The van der Waals surface area contributed by atoms with Gasteiger partial charge in [-0.25, -0.2) is 9.29 Å². The molecule has 0 N–H and O–H groups in total.